The van der Waals surface area contributed by atoms with Gasteiger partial charge in [0.25, 0.3) is 5.91 Å². The fourth-order valence-corrected chi connectivity index (χ4v) is 2.79. The van der Waals surface area contributed by atoms with E-state index in [-0.39, 0.29) is 18.1 Å². The highest BCUT2D eigenvalue weighted by atomic mass is 16.5. The molecule has 2 aromatic heterocycles. The SMILES string of the molecule is CCn1ncnc1CNC(=O)c1n[nH]c2c1C[C@H](C)O[C@@H]2C. The van der Waals surface area contributed by atoms with Gasteiger partial charge in [-0.05, 0) is 20.8 Å². The van der Waals surface area contributed by atoms with E-state index in [0.29, 0.717) is 18.7 Å². The lowest BCUT2D eigenvalue weighted by Gasteiger charge is -2.25. The van der Waals surface area contributed by atoms with Crippen molar-refractivity contribution in [3.05, 3.63) is 29.1 Å². The minimum atomic E-state index is -0.204. The molecule has 1 aliphatic heterocycles. The van der Waals surface area contributed by atoms with E-state index >= 15 is 0 Å². The number of H-pyrrole nitrogens is 1. The number of hydrogen-bond acceptors (Lipinski definition) is 5. The average molecular weight is 304 g/mol. The quantitative estimate of drug-likeness (QED) is 0.877. The van der Waals surface area contributed by atoms with E-state index in [4.69, 9.17) is 4.74 Å². The maximum absolute atomic E-state index is 12.4. The smallest absolute Gasteiger partial charge is 0.272 e. The Bertz CT molecular complexity index is 677. The Hall–Kier alpha value is -2.22. The third-order valence-corrected chi connectivity index (χ3v) is 3.85. The van der Waals surface area contributed by atoms with E-state index in [1.807, 2.05) is 20.8 Å². The second kappa shape index (κ2) is 5.88. The first kappa shape index (κ1) is 14.7. The predicted molar refractivity (Wildman–Crippen MR) is 78.1 cm³/mol. The molecular weight excluding hydrogens is 284 g/mol. The number of nitrogens with one attached hydrogen (secondary N) is 2. The van der Waals surface area contributed by atoms with Crippen LogP contribution in [0, 0.1) is 0 Å². The molecule has 0 radical (unpaired) electrons. The topological polar surface area (TPSA) is 97.7 Å². The van der Waals surface area contributed by atoms with Gasteiger partial charge in [0.05, 0.1) is 24.4 Å². The molecule has 0 unspecified atom stereocenters. The van der Waals surface area contributed by atoms with Crippen LogP contribution in [0.4, 0.5) is 0 Å². The summed E-state index contributed by atoms with van der Waals surface area (Å²) in [4.78, 5) is 16.5. The first-order valence-corrected chi connectivity index (χ1v) is 7.47. The molecule has 8 nitrogen and oxygen atoms in total. The van der Waals surface area contributed by atoms with Crippen LogP contribution in [0.25, 0.3) is 0 Å². The molecule has 3 heterocycles. The van der Waals surface area contributed by atoms with E-state index in [9.17, 15) is 4.79 Å². The molecular formula is C14H20N6O2. The van der Waals surface area contributed by atoms with Crippen LogP contribution >= 0.6 is 0 Å². The molecule has 118 valence electrons. The minimum absolute atomic E-state index is 0.0732. The number of aromatic nitrogens is 5. The molecule has 0 saturated heterocycles. The Morgan fingerprint density at radius 1 is 1.55 bits per heavy atom. The van der Waals surface area contributed by atoms with Crippen molar-refractivity contribution in [1.29, 1.82) is 0 Å². The van der Waals surface area contributed by atoms with Gasteiger partial charge in [0.1, 0.15) is 12.2 Å². The van der Waals surface area contributed by atoms with Crippen molar-refractivity contribution in [1.82, 2.24) is 30.3 Å². The molecule has 0 aliphatic carbocycles. The third-order valence-electron chi connectivity index (χ3n) is 3.85. The molecule has 22 heavy (non-hydrogen) atoms. The summed E-state index contributed by atoms with van der Waals surface area (Å²) in [5, 5.41) is 14.0. The normalized spacial score (nSPS) is 20.7. The number of rotatable bonds is 4. The number of amides is 1. The zero-order valence-electron chi connectivity index (χ0n) is 13.0. The summed E-state index contributed by atoms with van der Waals surface area (Å²) in [7, 11) is 0. The molecule has 0 bridgehead atoms. The molecule has 3 rings (SSSR count). The number of aryl methyl sites for hydroxylation is 1. The molecule has 2 aromatic rings. The number of carbonyl (C=O) groups is 1. The van der Waals surface area contributed by atoms with Crippen molar-refractivity contribution in [3.8, 4) is 0 Å². The second-order valence-corrected chi connectivity index (χ2v) is 5.43. The van der Waals surface area contributed by atoms with Gasteiger partial charge >= 0.3 is 0 Å². The van der Waals surface area contributed by atoms with Gasteiger partial charge in [-0.3, -0.25) is 9.89 Å². The van der Waals surface area contributed by atoms with Crippen molar-refractivity contribution < 1.29 is 9.53 Å². The average Bonchev–Trinajstić information content (AvgIpc) is 3.10. The summed E-state index contributed by atoms with van der Waals surface area (Å²) < 4.78 is 7.48. The summed E-state index contributed by atoms with van der Waals surface area (Å²) in [6, 6.07) is 0. The maximum atomic E-state index is 12.4. The Kier molecular flexibility index (Phi) is 3.93. The molecule has 0 fully saturated rings. The number of carbonyl (C=O) groups excluding carboxylic acids is 1. The molecule has 0 aromatic carbocycles. The van der Waals surface area contributed by atoms with Crippen molar-refractivity contribution in [2.45, 2.75) is 52.5 Å². The zero-order valence-corrected chi connectivity index (χ0v) is 13.0. The third kappa shape index (κ3) is 2.61. The van der Waals surface area contributed by atoms with Gasteiger partial charge in [-0.25, -0.2) is 9.67 Å². The largest absolute Gasteiger partial charge is 0.369 e. The highest BCUT2D eigenvalue weighted by Crippen LogP contribution is 2.29. The van der Waals surface area contributed by atoms with Crippen LogP contribution in [0.15, 0.2) is 6.33 Å². The van der Waals surface area contributed by atoms with Crippen LogP contribution in [0.3, 0.4) is 0 Å². The van der Waals surface area contributed by atoms with Crippen LogP contribution in [-0.2, 0) is 24.2 Å². The van der Waals surface area contributed by atoms with Gasteiger partial charge in [0, 0.05) is 18.5 Å². The number of hydrogen-bond donors (Lipinski definition) is 2. The van der Waals surface area contributed by atoms with Crippen molar-refractivity contribution in [2.75, 3.05) is 0 Å². The Morgan fingerprint density at radius 2 is 2.36 bits per heavy atom. The standard InChI is InChI=1S/C14H20N6O2/c1-4-20-11(16-7-17-20)6-15-14(21)13-10-5-8(2)22-9(3)12(10)18-19-13/h7-9H,4-6H2,1-3H3,(H,15,21)(H,18,19)/t8-,9+/m0/s1. The molecule has 2 atom stereocenters. The Labute approximate surface area is 128 Å². The minimum Gasteiger partial charge on any atom is -0.369 e. The van der Waals surface area contributed by atoms with E-state index in [1.54, 1.807) is 4.68 Å². The summed E-state index contributed by atoms with van der Waals surface area (Å²) in [5.41, 5.74) is 2.28. The van der Waals surface area contributed by atoms with Gasteiger partial charge in [-0.2, -0.15) is 10.2 Å². The number of nitrogens with zero attached hydrogens (tertiary/aromatic N) is 4. The fourth-order valence-electron chi connectivity index (χ4n) is 2.79. The molecule has 1 aliphatic rings. The molecule has 0 saturated carbocycles. The highest BCUT2D eigenvalue weighted by Gasteiger charge is 2.29. The van der Waals surface area contributed by atoms with Gasteiger partial charge in [0.15, 0.2) is 5.69 Å². The number of aromatic amines is 1. The monoisotopic (exact) mass is 304 g/mol. The summed E-state index contributed by atoms with van der Waals surface area (Å²) in [5.74, 6) is 0.523. The predicted octanol–water partition coefficient (Wildman–Crippen LogP) is 0.973. The summed E-state index contributed by atoms with van der Waals surface area (Å²) in [6.07, 6.45) is 2.18. The molecule has 8 heteroatoms. The van der Waals surface area contributed by atoms with Gasteiger partial charge < -0.3 is 10.1 Å². The Balaban J connectivity index is 1.74. The number of ether oxygens (including phenoxy) is 1. The first-order chi connectivity index (χ1) is 10.6. The summed E-state index contributed by atoms with van der Waals surface area (Å²) in [6.45, 7) is 6.98. The van der Waals surface area contributed by atoms with E-state index in [1.165, 1.54) is 6.33 Å². The summed E-state index contributed by atoms with van der Waals surface area (Å²) >= 11 is 0. The van der Waals surface area contributed by atoms with Crippen molar-refractivity contribution >= 4 is 5.91 Å². The van der Waals surface area contributed by atoms with E-state index < -0.39 is 0 Å². The lowest BCUT2D eigenvalue weighted by Crippen LogP contribution is -2.28. The van der Waals surface area contributed by atoms with Crippen LogP contribution < -0.4 is 5.32 Å². The molecule has 1 amide bonds. The van der Waals surface area contributed by atoms with Gasteiger partial charge in [0.2, 0.25) is 0 Å². The first-order valence-electron chi connectivity index (χ1n) is 7.47. The molecule has 0 spiro atoms. The van der Waals surface area contributed by atoms with Gasteiger partial charge in [-0.1, -0.05) is 0 Å². The van der Waals surface area contributed by atoms with Crippen molar-refractivity contribution in [2.24, 2.45) is 0 Å². The molecule has 2 N–H and O–H groups in total. The lowest BCUT2D eigenvalue weighted by molar-refractivity contribution is -0.00697. The maximum Gasteiger partial charge on any atom is 0.272 e. The zero-order chi connectivity index (χ0) is 15.7. The van der Waals surface area contributed by atoms with E-state index in [0.717, 1.165) is 23.6 Å². The van der Waals surface area contributed by atoms with Crippen LogP contribution in [0.1, 0.15) is 54.4 Å². The van der Waals surface area contributed by atoms with Gasteiger partial charge in [-0.15, -0.1) is 0 Å². The van der Waals surface area contributed by atoms with E-state index in [2.05, 4.69) is 25.6 Å². The Morgan fingerprint density at radius 3 is 3.14 bits per heavy atom. The second-order valence-electron chi connectivity index (χ2n) is 5.43. The fraction of sp³-hybridized carbons (Fsp3) is 0.571. The lowest BCUT2D eigenvalue weighted by atomic mass is 9.99. The van der Waals surface area contributed by atoms with Crippen LogP contribution in [0.5, 0.6) is 0 Å². The van der Waals surface area contributed by atoms with Crippen LogP contribution in [0.2, 0.25) is 0 Å². The van der Waals surface area contributed by atoms with Crippen molar-refractivity contribution in [3.63, 3.8) is 0 Å². The number of fused-ring (bicyclic) bond motifs is 1. The highest BCUT2D eigenvalue weighted by molar-refractivity contribution is 5.94. The van der Waals surface area contributed by atoms with Crippen LogP contribution in [-0.4, -0.2) is 37.0 Å².